The molecule has 6 nitrogen and oxygen atoms in total. The summed E-state index contributed by atoms with van der Waals surface area (Å²) in [6.07, 6.45) is -0.652. The Morgan fingerprint density at radius 3 is 2.85 bits per heavy atom. The lowest BCUT2D eigenvalue weighted by Crippen LogP contribution is -2.39. The van der Waals surface area contributed by atoms with Gasteiger partial charge in [-0.2, -0.15) is 0 Å². The van der Waals surface area contributed by atoms with Crippen molar-refractivity contribution in [3.05, 3.63) is 28.8 Å². The molecule has 0 spiro atoms. The van der Waals surface area contributed by atoms with Crippen LogP contribution in [0.25, 0.3) is 0 Å². The van der Waals surface area contributed by atoms with Crippen LogP contribution in [0.2, 0.25) is 5.02 Å². The van der Waals surface area contributed by atoms with E-state index in [0.29, 0.717) is 18.9 Å². The first kappa shape index (κ1) is 14.8. The van der Waals surface area contributed by atoms with Crippen LogP contribution in [0.4, 0.5) is 5.69 Å². The van der Waals surface area contributed by atoms with Gasteiger partial charge in [-0.1, -0.05) is 11.6 Å². The molecule has 1 amide bonds. The van der Waals surface area contributed by atoms with Gasteiger partial charge in [-0.3, -0.25) is 4.79 Å². The van der Waals surface area contributed by atoms with Gasteiger partial charge in [0.05, 0.1) is 37.5 Å². The second-order valence-electron chi connectivity index (χ2n) is 4.11. The number of carbonyl (C=O) groups is 2. The van der Waals surface area contributed by atoms with Crippen molar-refractivity contribution < 1.29 is 23.8 Å². The fourth-order valence-corrected chi connectivity index (χ4v) is 1.93. The van der Waals surface area contributed by atoms with Gasteiger partial charge < -0.3 is 19.5 Å². The number of benzene rings is 1. The van der Waals surface area contributed by atoms with E-state index in [1.807, 2.05) is 0 Å². The van der Waals surface area contributed by atoms with Crippen LogP contribution in [0.5, 0.6) is 0 Å². The maximum absolute atomic E-state index is 11.9. The van der Waals surface area contributed by atoms with E-state index >= 15 is 0 Å². The summed E-state index contributed by atoms with van der Waals surface area (Å²) < 4.78 is 15.1. The van der Waals surface area contributed by atoms with Crippen molar-refractivity contribution in [3.8, 4) is 0 Å². The van der Waals surface area contributed by atoms with Crippen molar-refractivity contribution in [2.75, 3.05) is 32.2 Å². The largest absolute Gasteiger partial charge is 0.465 e. The van der Waals surface area contributed by atoms with Gasteiger partial charge in [-0.25, -0.2) is 4.79 Å². The Kier molecular flexibility index (Phi) is 4.94. The minimum Gasteiger partial charge on any atom is -0.465 e. The van der Waals surface area contributed by atoms with Gasteiger partial charge in [-0.15, -0.1) is 0 Å². The molecule has 0 aliphatic carbocycles. The molecule has 108 valence electrons. The van der Waals surface area contributed by atoms with E-state index in [4.69, 9.17) is 21.1 Å². The van der Waals surface area contributed by atoms with Crippen LogP contribution < -0.4 is 5.32 Å². The number of carbonyl (C=O) groups excluding carboxylic acids is 2. The number of hydrogen-bond donors (Lipinski definition) is 1. The number of nitrogens with one attached hydrogen (secondary N) is 1. The number of amides is 1. The molecule has 1 fully saturated rings. The molecular weight excluding hydrogens is 286 g/mol. The highest BCUT2D eigenvalue weighted by molar-refractivity contribution is 6.33. The maximum atomic E-state index is 11.9. The Morgan fingerprint density at radius 2 is 2.20 bits per heavy atom. The molecule has 0 aromatic heterocycles. The Balaban J connectivity index is 2.09. The molecule has 1 saturated heterocycles. The zero-order valence-electron chi connectivity index (χ0n) is 10.8. The third-order valence-electron chi connectivity index (χ3n) is 2.75. The number of anilines is 1. The first-order valence-electron chi connectivity index (χ1n) is 6.00. The molecule has 1 aliphatic rings. The van der Waals surface area contributed by atoms with Crippen LogP contribution in [0.15, 0.2) is 18.2 Å². The number of esters is 1. The zero-order chi connectivity index (χ0) is 14.5. The second-order valence-corrected chi connectivity index (χ2v) is 4.52. The van der Waals surface area contributed by atoms with Gasteiger partial charge in [0, 0.05) is 5.69 Å². The summed E-state index contributed by atoms with van der Waals surface area (Å²) in [5.41, 5.74) is 0.627. The summed E-state index contributed by atoms with van der Waals surface area (Å²) in [7, 11) is 1.26. The van der Waals surface area contributed by atoms with E-state index in [-0.39, 0.29) is 23.1 Å². The van der Waals surface area contributed by atoms with Crippen molar-refractivity contribution in [2.24, 2.45) is 0 Å². The van der Waals surface area contributed by atoms with E-state index in [1.165, 1.54) is 19.2 Å². The number of methoxy groups -OCH3 is 1. The average Bonchev–Trinajstić information content (AvgIpc) is 2.49. The van der Waals surface area contributed by atoms with E-state index in [1.54, 1.807) is 6.07 Å². The molecule has 1 aliphatic heterocycles. The highest BCUT2D eigenvalue weighted by atomic mass is 35.5. The molecule has 0 radical (unpaired) electrons. The van der Waals surface area contributed by atoms with Gasteiger partial charge in [0.2, 0.25) is 0 Å². The summed E-state index contributed by atoms with van der Waals surface area (Å²) >= 11 is 5.90. The molecule has 1 aromatic rings. The monoisotopic (exact) mass is 299 g/mol. The minimum atomic E-state index is -0.652. The normalized spacial score (nSPS) is 18.4. The highest BCUT2D eigenvalue weighted by Gasteiger charge is 2.23. The number of hydrogen-bond acceptors (Lipinski definition) is 5. The molecule has 0 saturated carbocycles. The first-order chi connectivity index (χ1) is 9.61. The van der Waals surface area contributed by atoms with Crippen molar-refractivity contribution >= 4 is 29.2 Å². The molecular formula is C13H14ClNO5. The highest BCUT2D eigenvalue weighted by Crippen LogP contribution is 2.21. The van der Waals surface area contributed by atoms with Crippen molar-refractivity contribution in [1.29, 1.82) is 0 Å². The summed E-state index contributed by atoms with van der Waals surface area (Å²) in [6, 6.07) is 4.56. The SMILES string of the molecule is COC(=O)c1cc(NC(=O)C2COCCO2)ccc1Cl. The van der Waals surface area contributed by atoms with Crippen molar-refractivity contribution in [1.82, 2.24) is 0 Å². The molecule has 1 atom stereocenters. The minimum absolute atomic E-state index is 0.188. The molecule has 7 heteroatoms. The summed E-state index contributed by atoms with van der Waals surface area (Å²) in [5.74, 6) is -0.897. The molecule has 0 bridgehead atoms. The topological polar surface area (TPSA) is 73.9 Å². The van der Waals surface area contributed by atoms with E-state index in [9.17, 15) is 9.59 Å². The standard InChI is InChI=1S/C13H14ClNO5/c1-18-13(17)9-6-8(2-3-10(9)14)15-12(16)11-7-19-4-5-20-11/h2-3,6,11H,4-5,7H2,1H3,(H,15,16). The van der Waals surface area contributed by atoms with Crippen LogP contribution in [-0.2, 0) is 19.0 Å². The zero-order valence-corrected chi connectivity index (χ0v) is 11.6. The van der Waals surface area contributed by atoms with E-state index in [0.717, 1.165) is 0 Å². The van der Waals surface area contributed by atoms with Crippen LogP contribution in [-0.4, -0.2) is 44.9 Å². The predicted molar refractivity (Wildman–Crippen MR) is 72.0 cm³/mol. The van der Waals surface area contributed by atoms with Crippen molar-refractivity contribution in [3.63, 3.8) is 0 Å². The number of ether oxygens (including phenoxy) is 3. The smallest absolute Gasteiger partial charge is 0.339 e. The lowest BCUT2D eigenvalue weighted by atomic mass is 10.2. The average molecular weight is 300 g/mol. The quantitative estimate of drug-likeness (QED) is 0.856. The van der Waals surface area contributed by atoms with Gasteiger partial charge in [0.15, 0.2) is 6.10 Å². The van der Waals surface area contributed by atoms with E-state index < -0.39 is 12.1 Å². The summed E-state index contributed by atoms with van der Waals surface area (Å²) in [6.45, 7) is 1.08. The first-order valence-corrected chi connectivity index (χ1v) is 6.37. The van der Waals surface area contributed by atoms with Gasteiger partial charge in [0.25, 0.3) is 5.91 Å². The molecule has 1 aromatic carbocycles. The molecule has 1 unspecified atom stereocenters. The summed E-state index contributed by atoms with van der Waals surface area (Å²) in [4.78, 5) is 23.4. The van der Waals surface area contributed by atoms with Gasteiger partial charge in [-0.05, 0) is 18.2 Å². The van der Waals surface area contributed by atoms with E-state index in [2.05, 4.69) is 10.1 Å². The number of halogens is 1. The van der Waals surface area contributed by atoms with Gasteiger partial charge in [0.1, 0.15) is 0 Å². The van der Waals surface area contributed by atoms with Crippen molar-refractivity contribution in [2.45, 2.75) is 6.10 Å². The van der Waals surface area contributed by atoms with Crippen LogP contribution >= 0.6 is 11.6 Å². The maximum Gasteiger partial charge on any atom is 0.339 e. The molecule has 20 heavy (non-hydrogen) atoms. The Morgan fingerprint density at radius 1 is 1.40 bits per heavy atom. The molecule has 1 heterocycles. The Bertz CT molecular complexity index is 513. The fourth-order valence-electron chi connectivity index (χ4n) is 1.73. The Hall–Kier alpha value is -1.63. The van der Waals surface area contributed by atoms with Gasteiger partial charge >= 0.3 is 5.97 Å². The molecule has 1 N–H and O–H groups in total. The predicted octanol–water partition coefficient (Wildman–Crippen LogP) is 1.48. The number of rotatable bonds is 3. The van der Waals surface area contributed by atoms with Crippen LogP contribution in [0.1, 0.15) is 10.4 Å². The molecule has 2 rings (SSSR count). The third kappa shape index (κ3) is 3.47. The lowest BCUT2D eigenvalue weighted by Gasteiger charge is -2.22. The second kappa shape index (κ2) is 6.69. The Labute approximate surface area is 120 Å². The lowest BCUT2D eigenvalue weighted by molar-refractivity contribution is -0.142. The fraction of sp³-hybridized carbons (Fsp3) is 0.385. The van der Waals surface area contributed by atoms with Crippen LogP contribution in [0, 0.1) is 0 Å². The van der Waals surface area contributed by atoms with Crippen LogP contribution in [0.3, 0.4) is 0 Å². The third-order valence-corrected chi connectivity index (χ3v) is 3.08. The summed E-state index contributed by atoms with van der Waals surface area (Å²) in [5, 5.41) is 2.90.